The second-order valence-electron chi connectivity index (χ2n) is 9.44. The van der Waals surface area contributed by atoms with Gasteiger partial charge in [0.15, 0.2) is 5.65 Å². The molecule has 0 saturated carbocycles. The van der Waals surface area contributed by atoms with Gasteiger partial charge in [-0.05, 0) is 42.7 Å². The molecule has 2 aromatic carbocycles. The van der Waals surface area contributed by atoms with Crippen molar-refractivity contribution in [3.63, 3.8) is 0 Å². The molecule has 0 unspecified atom stereocenters. The first-order valence-corrected chi connectivity index (χ1v) is 13.5. The fourth-order valence-corrected chi connectivity index (χ4v) is 3.65. The van der Waals surface area contributed by atoms with Gasteiger partial charge in [0.25, 0.3) is 0 Å². The molecular formula is C30H27F6N5O6. The number of aromatic nitrogens is 5. The lowest BCUT2D eigenvalue weighted by Gasteiger charge is -2.12. The van der Waals surface area contributed by atoms with Crippen LogP contribution in [0, 0.1) is 0 Å². The number of alkyl halides is 6. The number of aryl methyl sites for hydroxylation is 2. The van der Waals surface area contributed by atoms with Crippen molar-refractivity contribution in [2.45, 2.75) is 31.8 Å². The van der Waals surface area contributed by atoms with Crippen LogP contribution in [0.25, 0.3) is 22.6 Å². The molecule has 47 heavy (non-hydrogen) atoms. The van der Waals surface area contributed by atoms with E-state index in [9.17, 15) is 26.3 Å². The van der Waals surface area contributed by atoms with E-state index in [0.29, 0.717) is 19.0 Å². The Balaban J connectivity index is 0.000000360. The molecule has 11 nitrogen and oxygen atoms in total. The van der Waals surface area contributed by atoms with Crippen LogP contribution < -0.4 is 9.47 Å². The molecule has 0 atom stereocenters. The highest BCUT2D eigenvalue weighted by atomic mass is 19.4. The van der Waals surface area contributed by atoms with Crippen LogP contribution in [0.4, 0.5) is 26.3 Å². The lowest BCUT2D eigenvalue weighted by molar-refractivity contribution is -0.193. The lowest BCUT2D eigenvalue weighted by atomic mass is 10.1. The normalized spacial score (nSPS) is 11.1. The first-order valence-electron chi connectivity index (χ1n) is 13.5. The Morgan fingerprint density at radius 1 is 0.851 bits per heavy atom. The Hall–Kier alpha value is -5.61. The van der Waals surface area contributed by atoms with E-state index in [1.807, 2.05) is 54.2 Å². The Morgan fingerprint density at radius 2 is 1.47 bits per heavy atom. The summed E-state index contributed by atoms with van der Waals surface area (Å²) >= 11 is 0. The number of aliphatic carboxylic acids is 2. The van der Waals surface area contributed by atoms with Crippen molar-refractivity contribution in [1.29, 1.82) is 0 Å². The fourth-order valence-electron chi connectivity index (χ4n) is 3.65. The molecule has 0 amide bonds. The monoisotopic (exact) mass is 667 g/mol. The third kappa shape index (κ3) is 11.7. The topological polar surface area (TPSA) is 152 Å². The summed E-state index contributed by atoms with van der Waals surface area (Å²) in [5, 5.41) is 14.2. The lowest BCUT2D eigenvalue weighted by Crippen LogP contribution is -2.21. The van der Waals surface area contributed by atoms with Gasteiger partial charge in [0, 0.05) is 37.3 Å². The van der Waals surface area contributed by atoms with Crippen molar-refractivity contribution in [2.24, 2.45) is 7.05 Å². The molecule has 17 heteroatoms. The highest BCUT2D eigenvalue weighted by molar-refractivity contribution is 5.76. The molecule has 0 bridgehead atoms. The summed E-state index contributed by atoms with van der Waals surface area (Å²) < 4.78 is 77.6. The maximum absolute atomic E-state index is 10.6. The number of ether oxygens (including phenoxy) is 2. The first-order chi connectivity index (χ1) is 22.1. The van der Waals surface area contributed by atoms with Crippen LogP contribution in [0.5, 0.6) is 11.5 Å². The summed E-state index contributed by atoms with van der Waals surface area (Å²) in [5.74, 6) is -2.51. The van der Waals surface area contributed by atoms with Gasteiger partial charge in [-0.15, -0.1) is 0 Å². The highest BCUT2D eigenvalue weighted by Gasteiger charge is 2.38. The summed E-state index contributed by atoms with van der Waals surface area (Å²) in [6.45, 7) is 0.973. The number of imidazole rings is 2. The molecule has 5 rings (SSSR count). The van der Waals surface area contributed by atoms with Crippen molar-refractivity contribution in [1.82, 2.24) is 24.5 Å². The van der Waals surface area contributed by atoms with E-state index in [2.05, 4.69) is 44.2 Å². The van der Waals surface area contributed by atoms with E-state index in [0.717, 1.165) is 47.0 Å². The summed E-state index contributed by atoms with van der Waals surface area (Å²) in [6, 6.07) is 20.1. The quantitative estimate of drug-likeness (QED) is 0.123. The van der Waals surface area contributed by atoms with Crippen molar-refractivity contribution < 1.29 is 55.6 Å². The molecule has 0 aliphatic rings. The molecule has 0 radical (unpaired) electrons. The summed E-state index contributed by atoms with van der Waals surface area (Å²) in [6.07, 6.45) is -2.86. The molecule has 0 saturated heterocycles. The molecular weight excluding hydrogens is 640 g/mol. The Bertz CT molecular complexity index is 1700. The van der Waals surface area contributed by atoms with Gasteiger partial charge in [-0.25, -0.2) is 24.5 Å². The van der Waals surface area contributed by atoms with E-state index in [-0.39, 0.29) is 0 Å². The van der Waals surface area contributed by atoms with Gasteiger partial charge in [-0.1, -0.05) is 30.3 Å². The number of carboxylic acid groups (broad SMARTS) is 2. The number of benzene rings is 2. The maximum Gasteiger partial charge on any atom is 0.490 e. The zero-order valence-electron chi connectivity index (χ0n) is 24.4. The van der Waals surface area contributed by atoms with Gasteiger partial charge < -0.3 is 29.2 Å². The average Bonchev–Trinajstić information content (AvgIpc) is 3.64. The van der Waals surface area contributed by atoms with Crippen molar-refractivity contribution in [2.75, 3.05) is 6.61 Å². The molecule has 3 N–H and O–H groups in total. The highest BCUT2D eigenvalue weighted by Crippen LogP contribution is 2.30. The Morgan fingerprint density at radius 3 is 2.02 bits per heavy atom. The van der Waals surface area contributed by atoms with Crippen molar-refractivity contribution >= 4 is 23.1 Å². The zero-order valence-corrected chi connectivity index (χ0v) is 24.4. The number of H-pyrrole nitrogens is 1. The van der Waals surface area contributed by atoms with Crippen LogP contribution in [0.15, 0.2) is 79.3 Å². The second kappa shape index (κ2) is 16.1. The van der Waals surface area contributed by atoms with Crippen LogP contribution in [0.2, 0.25) is 0 Å². The predicted octanol–water partition coefficient (Wildman–Crippen LogP) is 6.22. The molecule has 3 heterocycles. The van der Waals surface area contributed by atoms with Crippen molar-refractivity contribution in [3.05, 3.63) is 90.6 Å². The van der Waals surface area contributed by atoms with E-state index >= 15 is 0 Å². The largest absolute Gasteiger partial charge is 0.493 e. The number of carbonyl (C=O) groups is 2. The Kier molecular flexibility index (Phi) is 12.3. The minimum Gasteiger partial charge on any atom is -0.493 e. The van der Waals surface area contributed by atoms with Crippen LogP contribution in [0.3, 0.4) is 0 Å². The van der Waals surface area contributed by atoms with Crippen LogP contribution >= 0.6 is 0 Å². The van der Waals surface area contributed by atoms with E-state index in [1.54, 1.807) is 12.4 Å². The number of hydrogen-bond acceptors (Lipinski definition) is 7. The van der Waals surface area contributed by atoms with Gasteiger partial charge in [-0.3, -0.25) is 0 Å². The SMILES string of the molecule is Cn1ccnc1COc1cc(OCCCc2ccccc2)cc(-c2nc3cccnc3[nH]2)c1.O=C(O)C(F)(F)F.O=C(O)C(F)(F)F. The third-order valence-corrected chi connectivity index (χ3v) is 5.90. The number of carboxylic acids is 2. The van der Waals surface area contributed by atoms with Crippen LogP contribution in [-0.4, -0.2) is 65.6 Å². The number of fused-ring (bicyclic) bond motifs is 1. The van der Waals surface area contributed by atoms with E-state index in [4.69, 9.17) is 29.3 Å². The van der Waals surface area contributed by atoms with Gasteiger partial charge in [-0.2, -0.15) is 26.3 Å². The standard InChI is InChI=1S/C26H25N5O2.2C2HF3O2/c1-31-13-12-27-24(31)18-33-22-16-20(25-29-23-10-5-11-28-26(23)30-25)15-21(17-22)32-14-6-9-19-7-3-2-4-8-19;2*3-2(4,5)1(6)7/h2-5,7-8,10-13,15-17H,6,9,14,18H2,1H3,(H,28,29,30);2*(H,6,7). The van der Waals surface area contributed by atoms with Crippen LogP contribution in [0.1, 0.15) is 17.8 Å². The summed E-state index contributed by atoms with van der Waals surface area (Å²) in [5.41, 5.74) is 3.75. The molecule has 0 aliphatic heterocycles. The number of hydrogen-bond donors (Lipinski definition) is 3. The number of aromatic amines is 1. The number of rotatable bonds is 9. The van der Waals surface area contributed by atoms with Gasteiger partial charge in [0.1, 0.15) is 35.3 Å². The summed E-state index contributed by atoms with van der Waals surface area (Å²) in [4.78, 5) is 34.4. The maximum atomic E-state index is 10.6. The molecule has 0 spiro atoms. The van der Waals surface area contributed by atoms with E-state index < -0.39 is 24.3 Å². The van der Waals surface area contributed by atoms with Gasteiger partial charge >= 0.3 is 24.3 Å². The smallest absolute Gasteiger partial charge is 0.490 e. The van der Waals surface area contributed by atoms with E-state index in [1.165, 1.54) is 5.56 Å². The zero-order chi connectivity index (χ0) is 34.6. The number of nitrogens with one attached hydrogen (secondary N) is 1. The molecule has 3 aromatic heterocycles. The van der Waals surface area contributed by atoms with Gasteiger partial charge in [0.2, 0.25) is 0 Å². The second-order valence-corrected chi connectivity index (χ2v) is 9.44. The van der Waals surface area contributed by atoms with Crippen LogP contribution in [-0.2, 0) is 29.7 Å². The molecule has 0 aliphatic carbocycles. The average molecular weight is 668 g/mol. The summed E-state index contributed by atoms with van der Waals surface area (Å²) in [7, 11) is 1.95. The minimum absolute atomic E-state index is 0.363. The Labute approximate surface area is 262 Å². The van der Waals surface area contributed by atoms with Gasteiger partial charge in [0.05, 0.1) is 6.61 Å². The predicted molar refractivity (Wildman–Crippen MR) is 155 cm³/mol. The fraction of sp³-hybridized carbons (Fsp3) is 0.233. The minimum atomic E-state index is -5.08. The number of nitrogens with zero attached hydrogens (tertiary/aromatic N) is 4. The van der Waals surface area contributed by atoms with Crippen molar-refractivity contribution in [3.8, 4) is 22.9 Å². The molecule has 5 aromatic rings. The third-order valence-electron chi connectivity index (χ3n) is 5.90. The molecule has 0 fully saturated rings. The molecule has 250 valence electrons. The first kappa shape index (κ1) is 35.9. The number of pyridine rings is 1. The number of halogens is 6.